The Hall–Kier alpha value is -2.09. The van der Waals surface area contributed by atoms with Crippen LogP contribution in [0.4, 0.5) is 0 Å². The summed E-state index contributed by atoms with van der Waals surface area (Å²) in [5.41, 5.74) is 1.22. The molecule has 1 atom stereocenters. The zero-order valence-corrected chi connectivity index (χ0v) is 12.3. The summed E-state index contributed by atoms with van der Waals surface area (Å²) in [6, 6.07) is 12.7. The summed E-state index contributed by atoms with van der Waals surface area (Å²) in [4.78, 5) is 10.7. The van der Waals surface area contributed by atoms with Gasteiger partial charge < -0.3 is 4.74 Å². The van der Waals surface area contributed by atoms with E-state index in [1.807, 2.05) is 6.07 Å². The van der Waals surface area contributed by atoms with Gasteiger partial charge in [-0.1, -0.05) is 47.5 Å². The molecular formula is C15H10Cl2N2O2. The summed E-state index contributed by atoms with van der Waals surface area (Å²) in [5, 5.41) is 12.7. The second-order valence-corrected chi connectivity index (χ2v) is 5.04. The molecule has 0 bridgehead atoms. The number of nitrogens with zero attached hydrogens (tertiary/aromatic N) is 2. The lowest BCUT2D eigenvalue weighted by atomic mass is 10.0. The number of ether oxygens (including phenoxy) is 1. The molecule has 0 amide bonds. The molecule has 0 N–H and O–H groups in total. The molecule has 0 aliphatic rings. The largest absolute Gasteiger partial charge is 0.487 e. The Morgan fingerprint density at radius 2 is 2.00 bits per heavy atom. The summed E-state index contributed by atoms with van der Waals surface area (Å²) in [6.07, 6.45) is 0. The van der Waals surface area contributed by atoms with Crippen LogP contribution in [0.1, 0.15) is 17.2 Å². The normalized spacial score (nSPS) is 11.5. The molecule has 1 unspecified atom stereocenters. The highest BCUT2D eigenvalue weighted by Crippen LogP contribution is 2.29. The van der Waals surface area contributed by atoms with E-state index in [-0.39, 0.29) is 6.61 Å². The van der Waals surface area contributed by atoms with Crippen LogP contribution >= 0.6 is 23.2 Å². The number of hydrogen-bond donors (Lipinski definition) is 0. The van der Waals surface area contributed by atoms with E-state index in [2.05, 4.69) is 5.18 Å². The van der Waals surface area contributed by atoms with Gasteiger partial charge in [0.25, 0.3) is 0 Å². The van der Waals surface area contributed by atoms with Gasteiger partial charge in [0.05, 0.1) is 11.1 Å². The van der Waals surface area contributed by atoms with Crippen molar-refractivity contribution in [1.29, 1.82) is 5.26 Å². The average Bonchev–Trinajstić information content (AvgIpc) is 2.50. The molecule has 0 aliphatic heterocycles. The van der Waals surface area contributed by atoms with Crippen LogP contribution in [-0.2, 0) is 6.61 Å². The van der Waals surface area contributed by atoms with Gasteiger partial charge in [-0.05, 0) is 22.9 Å². The Morgan fingerprint density at radius 1 is 1.24 bits per heavy atom. The van der Waals surface area contributed by atoms with E-state index in [9.17, 15) is 4.91 Å². The molecule has 0 radical (unpaired) electrons. The van der Waals surface area contributed by atoms with Gasteiger partial charge >= 0.3 is 0 Å². The van der Waals surface area contributed by atoms with Crippen molar-refractivity contribution in [3.8, 4) is 11.8 Å². The minimum atomic E-state index is -1.06. The van der Waals surface area contributed by atoms with E-state index in [4.69, 9.17) is 33.2 Å². The SMILES string of the molecule is N#CC(N=O)c1ccccc1COc1cc(Cl)ccc1Cl. The fourth-order valence-electron chi connectivity index (χ4n) is 1.83. The van der Waals surface area contributed by atoms with E-state index in [1.165, 1.54) is 0 Å². The van der Waals surface area contributed by atoms with Gasteiger partial charge in [0.2, 0.25) is 6.04 Å². The van der Waals surface area contributed by atoms with Crippen molar-refractivity contribution < 1.29 is 4.74 Å². The fourth-order valence-corrected chi connectivity index (χ4v) is 2.16. The zero-order chi connectivity index (χ0) is 15.2. The summed E-state index contributed by atoms with van der Waals surface area (Å²) in [6.45, 7) is 0.157. The van der Waals surface area contributed by atoms with Crippen molar-refractivity contribution in [2.45, 2.75) is 12.6 Å². The molecule has 0 saturated heterocycles. The molecule has 0 saturated carbocycles. The molecule has 4 nitrogen and oxygen atoms in total. The van der Waals surface area contributed by atoms with Crippen molar-refractivity contribution in [1.82, 2.24) is 0 Å². The van der Waals surface area contributed by atoms with E-state index in [0.29, 0.717) is 26.9 Å². The van der Waals surface area contributed by atoms with Gasteiger partial charge in [-0.2, -0.15) is 5.26 Å². The predicted molar refractivity (Wildman–Crippen MR) is 81.4 cm³/mol. The van der Waals surface area contributed by atoms with Crippen LogP contribution in [0.15, 0.2) is 47.6 Å². The molecule has 0 aliphatic carbocycles. The summed E-state index contributed by atoms with van der Waals surface area (Å²) in [5.74, 6) is 0.437. The minimum absolute atomic E-state index is 0.157. The number of nitriles is 1. The molecular weight excluding hydrogens is 311 g/mol. The molecule has 0 fully saturated rings. The van der Waals surface area contributed by atoms with E-state index >= 15 is 0 Å². The van der Waals surface area contributed by atoms with Crippen molar-refractivity contribution in [3.05, 3.63) is 68.5 Å². The van der Waals surface area contributed by atoms with Crippen LogP contribution in [0.3, 0.4) is 0 Å². The highest BCUT2D eigenvalue weighted by Gasteiger charge is 2.15. The predicted octanol–water partition coefficient (Wildman–Crippen LogP) is 4.90. The lowest BCUT2D eigenvalue weighted by Crippen LogP contribution is -2.03. The van der Waals surface area contributed by atoms with Crippen molar-refractivity contribution >= 4 is 23.2 Å². The van der Waals surface area contributed by atoms with Crippen molar-refractivity contribution in [2.24, 2.45) is 5.18 Å². The third-order valence-corrected chi connectivity index (χ3v) is 3.40. The molecule has 6 heteroatoms. The van der Waals surface area contributed by atoms with Gasteiger partial charge in [-0.25, -0.2) is 0 Å². The Kier molecular flexibility index (Phi) is 5.15. The van der Waals surface area contributed by atoms with Crippen molar-refractivity contribution in [3.63, 3.8) is 0 Å². The smallest absolute Gasteiger partial charge is 0.203 e. The van der Waals surface area contributed by atoms with Crippen LogP contribution in [0.5, 0.6) is 5.75 Å². The first kappa shape index (κ1) is 15.3. The number of benzene rings is 2. The van der Waals surface area contributed by atoms with E-state index < -0.39 is 6.04 Å². The maximum Gasteiger partial charge on any atom is 0.203 e. The zero-order valence-electron chi connectivity index (χ0n) is 10.8. The Morgan fingerprint density at radius 3 is 2.71 bits per heavy atom. The summed E-state index contributed by atoms with van der Waals surface area (Å²) >= 11 is 11.9. The van der Waals surface area contributed by atoms with Crippen LogP contribution in [0.2, 0.25) is 10.0 Å². The first-order chi connectivity index (χ1) is 10.2. The van der Waals surface area contributed by atoms with Gasteiger partial charge in [0.15, 0.2) is 0 Å². The fraction of sp³-hybridized carbons (Fsp3) is 0.133. The summed E-state index contributed by atoms with van der Waals surface area (Å²) in [7, 11) is 0. The molecule has 2 aromatic carbocycles. The average molecular weight is 321 g/mol. The van der Waals surface area contributed by atoms with Gasteiger partial charge in [-0.15, -0.1) is 4.91 Å². The first-order valence-electron chi connectivity index (χ1n) is 6.03. The molecule has 106 valence electrons. The van der Waals surface area contributed by atoms with Crippen LogP contribution in [-0.4, -0.2) is 0 Å². The monoisotopic (exact) mass is 320 g/mol. The van der Waals surface area contributed by atoms with Gasteiger partial charge in [0, 0.05) is 16.7 Å². The lowest BCUT2D eigenvalue weighted by molar-refractivity contribution is 0.305. The Balaban J connectivity index is 2.23. The van der Waals surface area contributed by atoms with Crippen molar-refractivity contribution in [2.75, 3.05) is 0 Å². The Labute approximate surface area is 131 Å². The molecule has 0 heterocycles. The number of hydrogen-bond acceptors (Lipinski definition) is 4. The highest BCUT2D eigenvalue weighted by atomic mass is 35.5. The van der Waals surface area contributed by atoms with E-state index in [1.54, 1.807) is 42.5 Å². The molecule has 0 spiro atoms. The van der Waals surface area contributed by atoms with Crippen LogP contribution in [0, 0.1) is 16.2 Å². The number of rotatable bonds is 5. The topological polar surface area (TPSA) is 62.5 Å². The maximum atomic E-state index is 10.7. The second kappa shape index (κ2) is 7.07. The standard InChI is InChI=1S/C15H10Cl2N2O2/c16-11-5-6-13(17)15(7-11)21-9-10-3-1-2-4-12(10)14(8-18)19-20/h1-7,14H,9H2. The molecule has 0 aromatic heterocycles. The number of nitroso groups, excluding NO2 is 1. The molecule has 2 aromatic rings. The minimum Gasteiger partial charge on any atom is -0.487 e. The molecule has 2 rings (SSSR count). The number of halogens is 2. The van der Waals surface area contributed by atoms with Gasteiger partial charge in [-0.3, -0.25) is 0 Å². The van der Waals surface area contributed by atoms with Gasteiger partial charge in [0.1, 0.15) is 12.4 Å². The summed E-state index contributed by atoms with van der Waals surface area (Å²) < 4.78 is 5.61. The Bertz CT molecular complexity index is 698. The quantitative estimate of drug-likeness (QED) is 0.736. The highest BCUT2D eigenvalue weighted by molar-refractivity contribution is 6.34. The third-order valence-electron chi connectivity index (χ3n) is 2.85. The molecule has 21 heavy (non-hydrogen) atoms. The second-order valence-electron chi connectivity index (χ2n) is 4.20. The van der Waals surface area contributed by atoms with Crippen LogP contribution < -0.4 is 4.74 Å². The van der Waals surface area contributed by atoms with Crippen LogP contribution in [0.25, 0.3) is 0 Å². The van der Waals surface area contributed by atoms with E-state index in [0.717, 1.165) is 0 Å². The maximum absolute atomic E-state index is 10.7. The lowest BCUT2D eigenvalue weighted by Gasteiger charge is -2.12. The first-order valence-corrected chi connectivity index (χ1v) is 6.79. The third kappa shape index (κ3) is 3.72.